The van der Waals surface area contributed by atoms with E-state index in [1.165, 1.54) is 0 Å². The molecule has 0 atom stereocenters. The zero-order valence-electron chi connectivity index (χ0n) is 10.7. The Hall–Kier alpha value is -2.88. The first-order chi connectivity index (χ1) is 9.83. The summed E-state index contributed by atoms with van der Waals surface area (Å²) in [6.07, 6.45) is 1.62. The minimum Gasteiger partial charge on any atom is -0.506 e. The van der Waals surface area contributed by atoms with Crippen molar-refractivity contribution in [1.82, 2.24) is 4.98 Å². The number of hydrogen-bond donors (Lipinski definition) is 2. The summed E-state index contributed by atoms with van der Waals surface area (Å²) >= 11 is 0. The molecule has 2 aromatic carbocycles. The van der Waals surface area contributed by atoms with Crippen LogP contribution in [0.5, 0.6) is 5.75 Å². The van der Waals surface area contributed by atoms with E-state index in [0.717, 1.165) is 11.1 Å². The van der Waals surface area contributed by atoms with Gasteiger partial charge in [-0.25, -0.2) is 4.98 Å². The van der Waals surface area contributed by atoms with Gasteiger partial charge in [0.2, 0.25) is 0 Å². The quantitative estimate of drug-likeness (QED) is 0.562. The number of hydrogen-bond acceptors (Lipinski definition) is 4. The summed E-state index contributed by atoms with van der Waals surface area (Å²) in [4.78, 5) is 4.37. The maximum Gasteiger partial charge on any atom is 0.141 e. The first kappa shape index (κ1) is 12.2. The number of para-hydroxylation sites is 2. The fraction of sp³-hybridized carbons (Fsp3) is 0. The smallest absolute Gasteiger partial charge is 0.141 e. The van der Waals surface area contributed by atoms with E-state index in [1.807, 2.05) is 48.5 Å². The van der Waals surface area contributed by atoms with Crippen LogP contribution in [-0.2, 0) is 0 Å². The molecular weight excluding hydrogens is 250 g/mol. The predicted molar refractivity (Wildman–Crippen MR) is 81.1 cm³/mol. The lowest BCUT2D eigenvalue weighted by Crippen LogP contribution is -1.93. The number of phenolic OH excluding ortho intramolecular Hbond substituents is 1. The lowest BCUT2D eigenvalue weighted by atomic mass is 10.2. The van der Waals surface area contributed by atoms with Gasteiger partial charge in [-0.2, -0.15) is 5.10 Å². The van der Waals surface area contributed by atoms with Crippen molar-refractivity contribution in [2.75, 3.05) is 5.43 Å². The number of benzene rings is 2. The van der Waals surface area contributed by atoms with Crippen LogP contribution in [0.2, 0.25) is 0 Å². The van der Waals surface area contributed by atoms with Crippen LogP contribution in [0.1, 0.15) is 5.69 Å². The number of phenols is 1. The summed E-state index contributed by atoms with van der Waals surface area (Å²) in [5.74, 6) is 0.175. The monoisotopic (exact) mass is 263 g/mol. The maximum absolute atomic E-state index is 9.78. The van der Waals surface area contributed by atoms with Crippen molar-refractivity contribution in [2.45, 2.75) is 0 Å². The fourth-order valence-corrected chi connectivity index (χ4v) is 1.90. The van der Waals surface area contributed by atoms with Crippen LogP contribution in [0.4, 0.5) is 5.69 Å². The van der Waals surface area contributed by atoms with Crippen LogP contribution in [0.25, 0.3) is 10.9 Å². The standard InChI is InChI=1S/C16H13N3O/c20-15-8-4-5-12-9-10-14(18-16(12)15)11-17-19-13-6-2-1-3-7-13/h1-11,19-20H/b17-11+. The second kappa shape index (κ2) is 5.40. The number of hydrazone groups is 1. The van der Waals surface area contributed by atoms with Crippen LogP contribution >= 0.6 is 0 Å². The van der Waals surface area contributed by atoms with Crippen molar-refractivity contribution < 1.29 is 5.11 Å². The van der Waals surface area contributed by atoms with Crippen molar-refractivity contribution in [3.63, 3.8) is 0 Å². The molecule has 1 aromatic heterocycles. The van der Waals surface area contributed by atoms with Gasteiger partial charge in [0, 0.05) is 5.39 Å². The van der Waals surface area contributed by atoms with E-state index >= 15 is 0 Å². The summed E-state index contributed by atoms with van der Waals surface area (Å²) in [5.41, 5.74) is 5.09. The molecule has 0 aliphatic heterocycles. The van der Waals surface area contributed by atoms with Gasteiger partial charge in [0.25, 0.3) is 0 Å². The van der Waals surface area contributed by atoms with Crippen molar-refractivity contribution in [3.05, 3.63) is 66.4 Å². The molecule has 0 saturated heterocycles. The first-order valence-corrected chi connectivity index (χ1v) is 6.26. The summed E-state index contributed by atoms with van der Waals surface area (Å²) < 4.78 is 0. The number of aromatic nitrogens is 1. The Bertz CT molecular complexity index is 754. The predicted octanol–water partition coefficient (Wildman–Crippen LogP) is 3.39. The molecule has 4 nitrogen and oxygen atoms in total. The minimum atomic E-state index is 0.175. The van der Waals surface area contributed by atoms with Gasteiger partial charge in [0.05, 0.1) is 17.6 Å². The van der Waals surface area contributed by atoms with Gasteiger partial charge in [-0.3, -0.25) is 5.43 Å². The van der Waals surface area contributed by atoms with Crippen LogP contribution in [0.15, 0.2) is 65.8 Å². The average Bonchev–Trinajstić information content (AvgIpc) is 2.49. The van der Waals surface area contributed by atoms with Gasteiger partial charge in [-0.05, 0) is 24.3 Å². The van der Waals surface area contributed by atoms with Crippen molar-refractivity contribution in [1.29, 1.82) is 0 Å². The van der Waals surface area contributed by atoms with Crippen molar-refractivity contribution in [3.8, 4) is 5.75 Å². The van der Waals surface area contributed by atoms with Gasteiger partial charge in [0.15, 0.2) is 0 Å². The second-order valence-corrected chi connectivity index (χ2v) is 4.32. The summed E-state index contributed by atoms with van der Waals surface area (Å²) in [5, 5.41) is 14.8. The minimum absolute atomic E-state index is 0.175. The molecule has 1 heterocycles. The van der Waals surface area contributed by atoms with E-state index in [-0.39, 0.29) is 5.75 Å². The molecule has 3 aromatic rings. The summed E-state index contributed by atoms with van der Waals surface area (Å²) in [6.45, 7) is 0. The van der Waals surface area contributed by atoms with Gasteiger partial charge in [-0.15, -0.1) is 0 Å². The third-order valence-electron chi connectivity index (χ3n) is 2.88. The van der Waals surface area contributed by atoms with Crippen LogP contribution in [0, 0.1) is 0 Å². The molecular formula is C16H13N3O. The molecule has 0 aliphatic carbocycles. The molecule has 0 radical (unpaired) electrons. The Kier molecular flexibility index (Phi) is 3.29. The maximum atomic E-state index is 9.78. The van der Waals surface area contributed by atoms with E-state index in [1.54, 1.807) is 18.3 Å². The Labute approximate surface area is 116 Å². The zero-order valence-corrected chi connectivity index (χ0v) is 10.7. The molecule has 0 saturated carbocycles. The van der Waals surface area contributed by atoms with Crippen LogP contribution < -0.4 is 5.43 Å². The van der Waals surface area contributed by atoms with E-state index in [9.17, 15) is 5.11 Å². The van der Waals surface area contributed by atoms with Gasteiger partial charge in [0.1, 0.15) is 11.3 Å². The SMILES string of the molecule is Oc1cccc2ccc(/C=N/Nc3ccccc3)nc12. The van der Waals surface area contributed by atoms with Gasteiger partial charge in [-0.1, -0.05) is 36.4 Å². The highest BCUT2D eigenvalue weighted by Crippen LogP contribution is 2.21. The van der Waals surface area contributed by atoms with Crippen molar-refractivity contribution >= 4 is 22.8 Å². The molecule has 0 amide bonds. The highest BCUT2D eigenvalue weighted by atomic mass is 16.3. The van der Waals surface area contributed by atoms with Crippen LogP contribution in [0.3, 0.4) is 0 Å². The lowest BCUT2D eigenvalue weighted by molar-refractivity contribution is 0.480. The third-order valence-corrected chi connectivity index (χ3v) is 2.88. The van der Waals surface area contributed by atoms with E-state index in [0.29, 0.717) is 11.2 Å². The van der Waals surface area contributed by atoms with E-state index < -0.39 is 0 Å². The van der Waals surface area contributed by atoms with Gasteiger partial charge < -0.3 is 5.11 Å². The Morgan fingerprint density at radius 2 is 1.80 bits per heavy atom. The zero-order chi connectivity index (χ0) is 13.8. The fourth-order valence-electron chi connectivity index (χ4n) is 1.90. The summed E-state index contributed by atoms with van der Waals surface area (Å²) in [6, 6.07) is 18.8. The molecule has 98 valence electrons. The normalized spacial score (nSPS) is 11.0. The number of fused-ring (bicyclic) bond motifs is 1. The number of aromatic hydroxyl groups is 1. The average molecular weight is 263 g/mol. The summed E-state index contributed by atoms with van der Waals surface area (Å²) in [7, 11) is 0. The van der Waals surface area contributed by atoms with E-state index in [4.69, 9.17) is 0 Å². The lowest BCUT2D eigenvalue weighted by Gasteiger charge is -2.01. The Morgan fingerprint density at radius 1 is 0.950 bits per heavy atom. The molecule has 0 bridgehead atoms. The number of pyridine rings is 1. The topological polar surface area (TPSA) is 57.5 Å². The molecule has 20 heavy (non-hydrogen) atoms. The molecule has 4 heteroatoms. The van der Waals surface area contributed by atoms with Gasteiger partial charge >= 0.3 is 0 Å². The Balaban J connectivity index is 1.82. The van der Waals surface area contributed by atoms with Crippen LogP contribution in [-0.4, -0.2) is 16.3 Å². The largest absolute Gasteiger partial charge is 0.506 e. The van der Waals surface area contributed by atoms with Crippen molar-refractivity contribution in [2.24, 2.45) is 5.10 Å². The second-order valence-electron chi connectivity index (χ2n) is 4.32. The number of anilines is 1. The highest BCUT2D eigenvalue weighted by molar-refractivity contribution is 5.88. The number of nitrogens with one attached hydrogen (secondary N) is 1. The highest BCUT2D eigenvalue weighted by Gasteiger charge is 2.00. The molecule has 0 aliphatic rings. The molecule has 0 spiro atoms. The molecule has 2 N–H and O–H groups in total. The molecule has 0 fully saturated rings. The first-order valence-electron chi connectivity index (χ1n) is 6.26. The number of nitrogens with zero attached hydrogens (tertiary/aromatic N) is 2. The molecule has 3 rings (SSSR count). The Morgan fingerprint density at radius 3 is 2.65 bits per heavy atom. The van der Waals surface area contributed by atoms with E-state index in [2.05, 4.69) is 15.5 Å². The molecule has 0 unspecified atom stereocenters. The third kappa shape index (κ3) is 2.59. The number of rotatable bonds is 3.